The fourth-order valence-electron chi connectivity index (χ4n) is 8.38. The van der Waals surface area contributed by atoms with Crippen molar-refractivity contribution in [1.82, 2.24) is 4.98 Å². The molecule has 0 radical (unpaired) electrons. The summed E-state index contributed by atoms with van der Waals surface area (Å²) in [6.07, 6.45) is 2.83. The molecule has 1 spiro atoms. The predicted octanol–water partition coefficient (Wildman–Crippen LogP) is 5.60. The van der Waals surface area contributed by atoms with E-state index < -0.39 is 17.1 Å². The Bertz CT molecular complexity index is 1820. The summed E-state index contributed by atoms with van der Waals surface area (Å²) in [7, 11) is 0. The molecule has 0 unspecified atom stereocenters. The minimum Gasteiger partial charge on any atom is -0.381 e. The molecular weight excluding hydrogens is 611 g/mol. The zero-order valence-corrected chi connectivity index (χ0v) is 28.9. The lowest BCUT2D eigenvalue weighted by Crippen LogP contribution is -2.46. The second-order valence-corrected chi connectivity index (χ2v) is 13.8. The van der Waals surface area contributed by atoms with Gasteiger partial charge in [-0.2, -0.15) is 0 Å². The molecule has 2 fully saturated rings. The number of aromatic amines is 1. The molecule has 0 atom stereocenters. The minimum absolute atomic E-state index is 0.0366. The third kappa shape index (κ3) is 5.52. The second-order valence-electron chi connectivity index (χ2n) is 13.8. The molecule has 3 aromatic rings. The number of pyridine rings is 1. The van der Waals surface area contributed by atoms with Gasteiger partial charge in [0.05, 0.1) is 11.0 Å². The van der Waals surface area contributed by atoms with Crippen molar-refractivity contribution in [2.24, 2.45) is 5.73 Å². The fourth-order valence-corrected chi connectivity index (χ4v) is 8.38. The van der Waals surface area contributed by atoms with Crippen LogP contribution in [0.1, 0.15) is 90.3 Å². The molecule has 3 aliphatic heterocycles. The molecule has 256 valence electrons. The normalized spacial score (nSPS) is 17.8. The number of anilines is 2. The number of carbonyl (C=O) groups excluding carboxylic acids is 2. The number of aromatic nitrogens is 1. The molecule has 1 aromatic heterocycles. The first-order valence-corrected chi connectivity index (χ1v) is 17.2. The van der Waals surface area contributed by atoms with Gasteiger partial charge in [0.15, 0.2) is 0 Å². The molecule has 4 heterocycles. The van der Waals surface area contributed by atoms with E-state index in [0.29, 0.717) is 73.8 Å². The maximum atomic E-state index is 17.2. The number of ether oxygens (including phenoxy) is 2. The van der Waals surface area contributed by atoms with E-state index in [4.69, 9.17) is 15.2 Å². The average Bonchev–Trinajstić information content (AvgIpc) is 3.27. The number of rotatable bonds is 8. The maximum Gasteiger partial charge on any atom is 0.252 e. The number of benzene rings is 2. The molecule has 3 N–H and O–H groups in total. The molecule has 2 amide bonds. The topological polar surface area (TPSA) is 118 Å². The number of nitrogens with two attached hydrogens (primary N) is 1. The van der Waals surface area contributed by atoms with Gasteiger partial charge in [-0.25, -0.2) is 4.39 Å². The number of aryl methyl sites for hydroxylation is 2. The number of halogens is 1. The summed E-state index contributed by atoms with van der Waals surface area (Å²) in [5.41, 5.74) is 11.1. The van der Waals surface area contributed by atoms with Crippen LogP contribution in [0.25, 0.3) is 11.1 Å². The van der Waals surface area contributed by atoms with Gasteiger partial charge in [-0.3, -0.25) is 14.4 Å². The maximum absolute atomic E-state index is 17.2. The number of primary amides is 1. The highest BCUT2D eigenvalue weighted by molar-refractivity contribution is 6.09. The first-order chi connectivity index (χ1) is 22.9. The van der Waals surface area contributed by atoms with Crippen molar-refractivity contribution in [3.8, 4) is 11.1 Å². The van der Waals surface area contributed by atoms with Crippen LogP contribution in [0.3, 0.4) is 0 Å². The smallest absolute Gasteiger partial charge is 0.252 e. The Morgan fingerprint density at radius 2 is 1.73 bits per heavy atom. The number of carbonyl (C=O) groups is 2. The van der Waals surface area contributed by atoms with Crippen LogP contribution in [0.5, 0.6) is 0 Å². The average molecular weight is 659 g/mol. The Hall–Kier alpha value is -4.02. The Morgan fingerprint density at radius 1 is 1.06 bits per heavy atom. The van der Waals surface area contributed by atoms with E-state index in [1.165, 1.54) is 0 Å². The molecule has 9 nitrogen and oxygen atoms in total. The van der Waals surface area contributed by atoms with E-state index in [2.05, 4.69) is 9.88 Å². The Kier molecular flexibility index (Phi) is 9.26. The van der Waals surface area contributed by atoms with Crippen LogP contribution in [0, 0.1) is 26.6 Å². The summed E-state index contributed by atoms with van der Waals surface area (Å²) in [6, 6.07) is 7.56. The predicted molar refractivity (Wildman–Crippen MR) is 186 cm³/mol. The van der Waals surface area contributed by atoms with Gasteiger partial charge in [0.25, 0.3) is 11.5 Å². The summed E-state index contributed by atoms with van der Waals surface area (Å²) < 4.78 is 28.5. The number of H-pyrrole nitrogens is 1. The monoisotopic (exact) mass is 658 g/mol. The molecule has 0 saturated carbocycles. The third-order valence-corrected chi connectivity index (χ3v) is 10.7. The summed E-state index contributed by atoms with van der Waals surface area (Å²) in [4.78, 5) is 47.7. The van der Waals surface area contributed by atoms with E-state index in [0.717, 1.165) is 35.3 Å². The van der Waals surface area contributed by atoms with Crippen molar-refractivity contribution in [3.63, 3.8) is 0 Å². The highest BCUT2D eigenvalue weighted by Gasteiger charge is 2.52. The van der Waals surface area contributed by atoms with Gasteiger partial charge in [0, 0.05) is 79.7 Å². The van der Waals surface area contributed by atoms with Gasteiger partial charge >= 0.3 is 0 Å². The second kappa shape index (κ2) is 13.1. The standard InChI is InChI=1S/C38H47FN4O5/c1-7-42(26-10-14-47-15-11-26)34-24(6)31(35(40)44)33(39)32(28(34)20-27-22(4)18-23(5)41-36(27)45)25-8-9-29-30(19-25)43(21(2)3)37(46)38(29)12-16-48-17-13-38/h8-9,18-19,21,26H,7,10-17,20H2,1-6H3,(H2,40,44)(H,41,45). The number of nitrogens with zero attached hydrogens (tertiary/aromatic N) is 2. The van der Waals surface area contributed by atoms with Crippen molar-refractivity contribution < 1.29 is 23.5 Å². The Morgan fingerprint density at radius 3 is 2.33 bits per heavy atom. The SMILES string of the molecule is CCN(c1c(C)c(C(N)=O)c(F)c(-c2ccc3c(c2)N(C(C)C)C(=O)C32CCOCC2)c1Cc1c(C)cc(C)[nH]c1=O)C1CCOCC1. The van der Waals surface area contributed by atoms with Crippen molar-refractivity contribution in [2.75, 3.05) is 42.8 Å². The minimum atomic E-state index is -0.854. The van der Waals surface area contributed by atoms with Gasteiger partial charge < -0.3 is 30.0 Å². The lowest BCUT2D eigenvalue weighted by Gasteiger charge is -2.39. The molecular formula is C38H47FN4O5. The van der Waals surface area contributed by atoms with Crippen LogP contribution >= 0.6 is 0 Å². The van der Waals surface area contributed by atoms with Crippen LogP contribution in [0.4, 0.5) is 15.8 Å². The van der Waals surface area contributed by atoms with E-state index in [1.807, 2.05) is 63.8 Å². The molecule has 10 heteroatoms. The first kappa shape index (κ1) is 33.9. The fraction of sp³-hybridized carbons (Fsp3) is 0.500. The molecule has 0 aliphatic carbocycles. The van der Waals surface area contributed by atoms with Gasteiger partial charge in [-0.15, -0.1) is 0 Å². The molecule has 2 aromatic carbocycles. The van der Waals surface area contributed by atoms with Gasteiger partial charge in [0.1, 0.15) is 5.82 Å². The van der Waals surface area contributed by atoms with Crippen molar-refractivity contribution in [2.45, 2.75) is 91.1 Å². The van der Waals surface area contributed by atoms with E-state index in [9.17, 15) is 14.4 Å². The summed E-state index contributed by atoms with van der Waals surface area (Å²) in [5, 5.41) is 0. The van der Waals surface area contributed by atoms with Crippen LogP contribution in [0.2, 0.25) is 0 Å². The summed E-state index contributed by atoms with van der Waals surface area (Å²) in [6.45, 7) is 14.2. The van der Waals surface area contributed by atoms with Crippen molar-refractivity contribution >= 4 is 23.2 Å². The highest BCUT2D eigenvalue weighted by Crippen LogP contribution is 2.51. The van der Waals surface area contributed by atoms with Gasteiger partial charge in [-0.1, -0.05) is 12.1 Å². The van der Waals surface area contributed by atoms with Gasteiger partial charge in [0.2, 0.25) is 5.91 Å². The quantitative estimate of drug-likeness (QED) is 0.325. The largest absolute Gasteiger partial charge is 0.381 e. The Labute approximate surface area is 281 Å². The van der Waals surface area contributed by atoms with Crippen molar-refractivity contribution in [3.05, 3.63) is 79.5 Å². The van der Waals surface area contributed by atoms with E-state index in [1.54, 1.807) is 6.92 Å². The summed E-state index contributed by atoms with van der Waals surface area (Å²) in [5.74, 6) is -1.54. The van der Waals surface area contributed by atoms with E-state index in [-0.39, 0.29) is 41.1 Å². The number of fused-ring (bicyclic) bond motifs is 2. The number of hydrogen-bond donors (Lipinski definition) is 2. The number of nitrogens with one attached hydrogen (secondary N) is 1. The zero-order valence-electron chi connectivity index (χ0n) is 28.9. The third-order valence-electron chi connectivity index (χ3n) is 10.7. The summed E-state index contributed by atoms with van der Waals surface area (Å²) >= 11 is 0. The van der Waals surface area contributed by atoms with Gasteiger partial charge in [-0.05, 0) is 107 Å². The molecule has 2 saturated heterocycles. The number of hydrogen-bond acceptors (Lipinski definition) is 6. The first-order valence-electron chi connectivity index (χ1n) is 17.2. The number of amides is 2. The molecule has 3 aliphatic rings. The van der Waals surface area contributed by atoms with Crippen LogP contribution in [-0.2, 0) is 26.1 Å². The molecule has 48 heavy (non-hydrogen) atoms. The zero-order chi connectivity index (χ0) is 34.5. The van der Waals surface area contributed by atoms with Crippen molar-refractivity contribution in [1.29, 1.82) is 0 Å². The molecule has 0 bridgehead atoms. The van der Waals surface area contributed by atoms with Crippen LogP contribution in [-0.4, -0.2) is 61.9 Å². The lowest BCUT2D eigenvalue weighted by molar-refractivity contribution is -0.126. The molecule has 6 rings (SSSR count). The lowest BCUT2D eigenvalue weighted by atomic mass is 9.74. The highest BCUT2D eigenvalue weighted by atomic mass is 19.1. The van der Waals surface area contributed by atoms with E-state index >= 15 is 4.39 Å². The van der Waals surface area contributed by atoms with Crippen LogP contribution < -0.4 is 21.1 Å². The Balaban J connectivity index is 1.67. The van der Waals surface area contributed by atoms with Crippen LogP contribution in [0.15, 0.2) is 29.1 Å².